The minimum absolute atomic E-state index is 0.0388. The third-order valence-electron chi connectivity index (χ3n) is 2.27. The molecule has 102 valence electrons. The highest BCUT2D eigenvalue weighted by atomic mass is 16.5. The van der Waals surface area contributed by atoms with Crippen LogP contribution in [0.25, 0.3) is 0 Å². The number of ether oxygens (including phenoxy) is 3. The zero-order valence-electron chi connectivity index (χ0n) is 11.7. The van der Waals surface area contributed by atoms with Gasteiger partial charge >= 0.3 is 0 Å². The summed E-state index contributed by atoms with van der Waals surface area (Å²) in [5.41, 5.74) is 0.615. The summed E-state index contributed by atoms with van der Waals surface area (Å²) in [5, 5.41) is 9.49. The lowest BCUT2D eigenvalue weighted by molar-refractivity contribution is 0.209. The van der Waals surface area contributed by atoms with Gasteiger partial charge < -0.3 is 19.3 Å². The molecule has 4 heteroatoms. The molecule has 0 unspecified atom stereocenters. The molecule has 4 nitrogen and oxygen atoms in total. The molecule has 0 amide bonds. The van der Waals surface area contributed by atoms with Crippen LogP contribution in [0.3, 0.4) is 0 Å². The zero-order valence-corrected chi connectivity index (χ0v) is 11.7. The Hall–Kier alpha value is -1.42. The summed E-state index contributed by atoms with van der Waals surface area (Å²) in [6.45, 7) is 7.60. The second-order valence-corrected chi connectivity index (χ2v) is 4.56. The molecule has 0 aliphatic heterocycles. The average molecular weight is 254 g/mol. The van der Waals surface area contributed by atoms with Gasteiger partial charge in [-0.1, -0.05) is 0 Å². The molecule has 1 rings (SSSR count). The van der Waals surface area contributed by atoms with E-state index in [1.54, 1.807) is 19.2 Å². The number of hydrogen-bond acceptors (Lipinski definition) is 4. The lowest BCUT2D eigenvalue weighted by Crippen LogP contribution is -2.11. The molecule has 18 heavy (non-hydrogen) atoms. The first-order chi connectivity index (χ1) is 8.49. The quantitative estimate of drug-likeness (QED) is 0.848. The van der Waals surface area contributed by atoms with Gasteiger partial charge in [0.25, 0.3) is 0 Å². The first-order valence-electron chi connectivity index (χ1n) is 6.13. The van der Waals surface area contributed by atoms with Gasteiger partial charge in [0.2, 0.25) is 0 Å². The van der Waals surface area contributed by atoms with Crippen molar-refractivity contribution in [1.82, 2.24) is 0 Å². The molecule has 0 aliphatic carbocycles. The van der Waals surface area contributed by atoms with Crippen LogP contribution >= 0.6 is 0 Å². The molecule has 0 bridgehead atoms. The maximum atomic E-state index is 9.49. The molecule has 0 atom stereocenters. The third-order valence-corrected chi connectivity index (χ3v) is 2.27. The SMILES string of the molecule is COc1c(OC(C)C)ccc(OC(C)C)c1CO. The normalized spacial score (nSPS) is 10.9. The van der Waals surface area contributed by atoms with Crippen LogP contribution in [0.4, 0.5) is 0 Å². The predicted octanol–water partition coefficient (Wildman–Crippen LogP) is 2.76. The summed E-state index contributed by atoms with van der Waals surface area (Å²) in [4.78, 5) is 0. The van der Waals surface area contributed by atoms with Crippen molar-refractivity contribution >= 4 is 0 Å². The van der Waals surface area contributed by atoms with Crippen molar-refractivity contribution in [2.45, 2.75) is 46.5 Å². The Kier molecular flexibility index (Phi) is 5.28. The lowest BCUT2D eigenvalue weighted by atomic mass is 10.1. The number of methoxy groups -OCH3 is 1. The Bertz CT molecular complexity index is 349. The second-order valence-electron chi connectivity index (χ2n) is 4.56. The van der Waals surface area contributed by atoms with E-state index in [4.69, 9.17) is 14.2 Å². The molecule has 0 saturated heterocycles. The van der Waals surface area contributed by atoms with Crippen molar-refractivity contribution in [3.8, 4) is 17.2 Å². The predicted molar refractivity (Wildman–Crippen MR) is 70.4 cm³/mol. The first-order valence-corrected chi connectivity index (χ1v) is 6.13. The van der Waals surface area contributed by atoms with Crippen LogP contribution in [0.15, 0.2) is 12.1 Å². The second kappa shape index (κ2) is 6.50. The Morgan fingerprint density at radius 3 is 1.94 bits per heavy atom. The Morgan fingerprint density at radius 2 is 1.50 bits per heavy atom. The lowest BCUT2D eigenvalue weighted by Gasteiger charge is -2.19. The summed E-state index contributed by atoms with van der Waals surface area (Å²) in [6, 6.07) is 3.60. The molecule has 0 radical (unpaired) electrons. The van der Waals surface area contributed by atoms with Gasteiger partial charge in [-0.15, -0.1) is 0 Å². The van der Waals surface area contributed by atoms with E-state index in [-0.39, 0.29) is 18.8 Å². The highest BCUT2D eigenvalue weighted by Gasteiger charge is 2.17. The van der Waals surface area contributed by atoms with Crippen molar-refractivity contribution in [3.05, 3.63) is 17.7 Å². The molecule has 0 fully saturated rings. The van der Waals surface area contributed by atoms with Gasteiger partial charge in [0.05, 0.1) is 31.5 Å². The zero-order chi connectivity index (χ0) is 13.7. The summed E-state index contributed by atoms with van der Waals surface area (Å²) in [5.74, 6) is 1.78. The molecule has 0 aromatic heterocycles. The minimum atomic E-state index is -0.152. The topological polar surface area (TPSA) is 47.9 Å². The third kappa shape index (κ3) is 3.53. The number of benzene rings is 1. The van der Waals surface area contributed by atoms with E-state index in [0.29, 0.717) is 22.8 Å². The molecule has 0 saturated carbocycles. The van der Waals surface area contributed by atoms with Crippen LogP contribution in [0, 0.1) is 0 Å². The first kappa shape index (κ1) is 14.6. The number of aliphatic hydroxyl groups excluding tert-OH is 1. The average Bonchev–Trinajstić information content (AvgIpc) is 2.29. The summed E-state index contributed by atoms with van der Waals surface area (Å²) >= 11 is 0. The van der Waals surface area contributed by atoms with Gasteiger partial charge in [-0.3, -0.25) is 0 Å². The highest BCUT2D eigenvalue weighted by Crippen LogP contribution is 2.38. The molecule has 1 aromatic carbocycles. The summed E-state index contributed by atoms with van der Waals surface area (Å²) in [6.07, 6.45) is 0.0826. The van der Waals surface area contributed by atoms with Gasteiger partial charge in [-0.2, -0.15) is 0 Å². The summed E-state index contributed by atoms with van der Waals surface area (Å²) < 4.78 is 16.6. The van der Waals surface area contributed by atoms with Crippen LogP contribution < -0.4 is 14.2 Å². The van der Waals surface area contributed by atoms with Crippen molar-refractivity contribution in [2.24, 2.45) is 0 Å². The van der Waals surface area contributed by atoms with Crippen molar-refractivity contribution in [2.75, 3.05) is 7.11 Å². The van der Waals surface area contributed by atoms with E-state index < -0.39 is 0 Å². The van der Waals surface area contributed by atoms with Crippen molar-refractivity contribution in [3.63, 3.8) is 0 Å². The van der Waals surface area contributed by atoms with E-state index >= 15 is 0 Å². The van der Waals surface area contributed by atoms with E-state index in [1.165, 1.54) is 0 Å². The van der Waals surface area contributed by atoms with Gasteiger partial charge in [0.15, 0.2) is 11.5 Å². The fourth-order valence-corrected chi connectivity index (χ4v) is 1.67. The molecule has 1 aromatic rings. The fourth-order valence-electron chi connectivity index (χ4n) is 1.67. The van der Waals surface area contributed by atoms with Gasteiger partial charge in [-0.05, 0) is 39.8 Å². The smallest absolute Gasteiger partial charge is 0.169 e. The molecular formula is C14H22O4. The van der Waals surface area contributed by atoms with E-state index in [0.717, 1.165) is 0 Å². The molecular weight excluding hydrogens is 232 g/mol. The maximum Gasteiger partial charge on any atom is 0.169 e. The number of aliphatic hydroxyl groups is 1. The highest BCUT2D eigenvalue weighted by molar-refractivity contribution is 5.53. The van der Waals surface area contributed by atoms with Crippen LogP contribution in [-0.2, 0) is 6.61 Å². The van der Waals surface area contributed by atoms with Gasteiger partial charge in [0, 0.05) is 0 Å². The monoisotopic (exact) mass is 254 g/mol. The number of hydrogen-bond donors (Lipinski definition) is 1. The molecule has 1 N–H and O–H groups in total. The maximum absolute atomic E-state index is 9.49. The fraction of sp³-hybridized carbons (Fsp3) is 0.571. The number of rotatable bonds is 6. The Balaban J connectivity index is 3.18. The van der Waals surface area contributed by atoms with Gasteiger partial charge in [0.1, 0.15) is 5.75 Å². The minimum Gasteiger partial charge on any atom is -0.492 e. The van der Waals surface area contributed by atoms with Crippen LogP contribution in [0.5, 0.6) is 17.2 Å². The van der Waals surface area contributed by atoms with E-state index in [2.05, 4.69) is 0 Å². The van der Waals surface area contributed by atoms with Crippen LogP contribution in [-0.4, -0.2) is 24.4 Å². The molecule has 0 spiro atoms. The van der Waals surface area contributed by atoms with Crippen molar-refractivity contribution < 1.29 is 19.3 Å². The Morgan fingerprint density at radius 1 is 1.00 bits per heavy atom. The van der Waals surface area contributed by atoms with Crippen LogP contribution in [0.2, 0.25) is 0 Å². The molecule has 0 heterocycles. The van der Waals surface area contributed by atoms with E-state index in [9.17, 15) is 5.11 Å². The Labute approximate surface area is 108 Å². The largest absolute Gasteiger partial charge is 0.492 e. The molecule has 0 aliphatic rings. The van der Waals surface area contributed by atoms with Crippen molar-refractivity contribution in [1.29, 1.82) is 0 Å². The standard InChI is InChI=1S/C14H22O4/c1-9(2)17-12-6-7-13(18-10(3)4)14(16-5)11(12)8-15/h6-7,9-10,15H,8H2,1-5H3. The van der Waals surface area contributed by atoms with Crippen LogP contribution in [0.1, 0.15) is 33.3 Å². The van der Waals surface area contributed by atoms with E-state index in [1.807, 2.05) is 27.7 Å². The van der Waals surface area contributed by atoms with Gasteiger partial charge in [-0.25, -0.2) is 0 Å². The summed E-state index contributed by atoms with van der Waals surface area (Å²) in [7, 11) is 1.56.